The zero-order valence-electron chi connectivity index (χ0n) is 13.9. The lowest BCUT2D eigenvalue weighted by molar-refractivity contribution is -0.113. The number of carbonyl (C=O) groups excluding carboxylic acids is 1. The highest BCUT2D eigenvalue weighted by Crippen LogP contribution is 2.34. The van der Waals surface area contributed by atoms with E-state index in [0.717, 1.165) is 11.1 Å². The van der Waals surface area contributed by atoms with Crippen LogP contribution in [0.5, 0.6) is 0 Å². The summed E-state index contributed by atoms with van der Waals surface area (Å²) in [5, 5.41) is 1.33. The Kier molecular flexibility index (Phi) is 4.53. The van der Waals surface area contributed by atoms with E-state index in [1.54, 1.807) is 6.08 Å². The van der Waals surface area contributed by atoms with Gasteiger partial charge in [0.2, 0.25) is 0 Å². The molecule has 128 valence electrons. The number of nitrogens with zero attached hydrogens (tertiary/aromatic N) is 1. The minimum Gasteiger partial charge on any atom is -0.457 e. The van der Waals surface area contributed by atoms with Crippen molar-refractivity contribution in [2.24, 2.45) is 4.99 Å². The van der Waals surface area contributed by atoms with Crippen LogP contribution in [0.1, 0.15) is 16.9 Å². The molecule has 0 bridgehead atoms. The van der Waals surface area contributed by atoms with Gasteiger partial charge >= 0.3 is 0 Å². The average molecular weight is 380 g/mol. The molecule has 0 saturated carbocycles. The Hall–Kier alpha value is -2.56. The number of furan rings is 1. The van der Waals surface area contributed by atoms with Gasteiger partial charge < -0.3 is 4.42 Å². The number of halogens is 1. The van der Waals surface area contributed by atoms with Crippen molar-refractivity contribution in [2.45, 2.75) is 6.92 Å². The van der Waals surface area contributed by atoms with Crippen molar-refractivity contribution in [1.82, 2.24) is 0 Å². The van der Waals surface area contributed by atoms with Crippen molar-refractivity contribution >= 4 is 40.4 Å². The van der Waals surface area contributed by atoms with E-state index in [4.69, 9.17) is 16.0 Å². The van der Waals surface area contributed by atoms with E-state index in [-0.39, 0.29) is 5.91 Å². The Balaban J connectivity index is 1.58. The summed E-state index contributed by atoms with van der Waals surface area (Å²) >= 11 is 7.56. The smallest absolute Gasteiger partial charge is 0.285 e. The minimum absolute atomic E-state index is 0.249. The highest BCUT2D eigenvalue weighted by Gasteiger charge is 2.23. The fourth-order valence-electron chi connectivity index (χ4n) is 2.59. The number of aliphatic imine (C=N–C) groups is 1. The second-order valence-electron chi connectivity index (χ2n) is 5.88. The number of hydrogen-bond donors (Lipinski definition) is 0. The van der Waals surface area contributed by atoms with Gasteiger partial charge in [-0.1, -0.05) is 65.3 Å². The standard InChI is InChI=1S/C21H14ClNO2S/c1-13-6-8-14(9-7-13)21-23-20(24)19(26-21)12-15-10-11-18(25-15)16-4-2-3-5-17(16)22/h2-12H,1H3/b19-12+. The first-order valence-corrected chi connectivity index (χ1v) is 9.24. The summed E-state index contributed by atoms with van der Waals surface area (Å²) in [5.74, 6) is 1.01. The molecule has 2 heterocycles. The molecule has 1 aliphatic rings. The molecule has 4 rings (SSSR count). The van der Waals surface area contributed by atoms with E-state index in [1.165, 1.54) is 17.3 Å². The van der Waals surface area contributed by atoms with E-state index < -0.39 is 0 Å². The van der Waals surface area contributed by atoms with Crippen LogP contribution < -0.4 is 0 Å². The first-order valence-electron chi connectivity index (χ1n) is 8.04. The molecule has 0 aliphatic carbocycles. The van der Waals surface area contributed by atoms with E-state index in [9.17, 15) is 4.79 Å². The molecule has 1 amide bonds. The Morgan fingerprint density at radius 1 is 1.04 bits per heavy atom. The van der Waals surface area contributed by atoms with Gasteiger partial charge in [-0.3, -0.25) is 4.79 Å². The summed E-state index contributed by atoms with van der Waals surface area (Å²) < 4.78 is 5.84. The lowest BCUT2D eigenvalue weighted by Gasteiger charge is -2.00. The highest BCUT2D eigenvalue weighted by atomic mass is 35.5. The zero-order chi connectivity index (χ0) is 18.1. The Morgan fingerprint density at radius 3 is 2.58 bits per heavy atom. The third-order valence-corrected chi connectivity index (χ3v) is 5.32. The average Bonchev–Trinajstić information content (AvgIpc) is 3.24. The quantitative estimate of drug-likeness (QED) is 0.526. The van der Waals surface area contributed by atoms with E-state index in [2.05, 4.69) is 4.99 Å². The van der Waals surface area contributed by atoms with Crippen LogP contribution in [-0.4, -0.2) is 11.0 Å². The van der Waals surface area contributed by atoms with Crippen LogP contribution in [-0.2, 0) is 4.79 Å². The molecule has 0 saturated heterocycles. The van der Waals surface area contributed by atoms with Gasteiger partial charge in [0.25, 0.3) is 5.91 Å². The molecule has 1 aromatic heterocycles. The molecule has 5 heteroatoms. The van der Waals surface area contributed by atoms with Crippen LogP contribution >= 0.6 is 23.4 Å². The lowest BCUT2D eigenvalue weighted by atomic mass is 10.2. The number of benzene rings is 2. The topological polar surface area (TPSA) is 42.6 Å². The predicted molar refractivity (Wildman–Crippen MR) is 107 cm³/mol. The summed E-state index contributed by atoms with van der Waals surface area (Å²) in [7, 11) is 0. The lowest BCUT2D eigenvalue weighted by Crippen LogP contribution is -1.90. The monoisotopic (exact) mass is 379 g/mol. The Labute approximate surface area is 160 Å². The number of aryl methyl sites for hydroxylation is 1. The molecule has 1 aliphatic heterocycles. The number of thioether (sulfide) groups is 1. The van der Waals surface area contributed by atoms with E-state index >= 15 is 0 Å². The second kappa shape index (κ2) is 6.98. The fourth-order valence-corrected chi connectivity index (χ4v) is 3.72. The first-order chi connectivity index (χ1) is 12.6. The van der Waals surface area contributed by atoms with E-state index in [0.29, 0.717) is 26.5 Å². The number of amides is 1. The molecule has 0 radical (unpaired) electrons. The molecule has 26 heavy (non-hydrogen) atoms. The second-order valence-corrected chi connectivity index (χ2v) is 7.32. The molecule has 3 nitrogen and oxygen atoms in total. The maximum Gasteiger partial charge on any atom is 0.285 e. The molecule has 0 fully saturated rings. The fraction of sp³-hybridized carbons (Fsp3) is 0.0476. The molecule has 3 aromatic rings. The summed E-state index contributed by atoms with van der Waals surface area (Å²) in [6.07, 6.45) is 1.72. The van der Waals surface area contributed by atoms with E-state index in [1.807, 2.05) is 67.6 Å². The maximum absolute atomic E-state index is 12.2. The third kappa shape index (κ3) is 3.39. The predicted octanol–water partition coefficient (Wildman–Crippen LogP) is 5.97. The largest absolute Gasteiger partial charge is 0.457 e. The van der Waals surface area contributed by atoms with Crippen LogP contribution in [0.25, 0.3) is 17.4 Å². The summed E-state index contributed by atoms with van der Waals surface area (Å²) in [6.45, 7) is 2.03. The molecule has 0 unspecified atom stereocenters. The number of rotatable bonds is 3. The van der Waals surface area contributed by atoms with Crippen LogP contribution in [0.15, 0.2) is 75.0 Å². The minimum atomic E-state index is -0.249. The molecule has 2 aromatic carbocycles. The summed E-state index contributed by atoms with van der Waals surface area (Å²) in [4.78, 5) is 16.9. The van der Waals surface area contributed by atoms with Gasteiger partial charge in [-0.05, 0) is 31.2 Å². The molecule has 0 N–H and O–H groups in total. The molecule has 0 atom stereocenters. The Bertz CT molecular complexity index is 1050. The third-order valence-electron chi connectivity index (χ3n) is 3.96. The summed E-state index contributed by atoms with van der Waals surface area (Å²) in [6, 6.07) is 19.1. The molecular formula is C21H14ClNO2S. The van der Waals surface area contributed by atoms with Gasteiger partial charge in [0, 0.05) is 17.2 Å². The van der Waals surface area contributed by atoms with Crippen molar-refractivity contribution in [3.63, 3.8) is 0 Å². The maximum atomic E-state index is 12.2. The van der Waals surface area contributed by atoms with Gasteiger partial charge in [-0.15, -0.1) is 0 Å². The number of carbonyl (C=O) groups is 1. The Morgan fingerprint density at radius 2 is 1.81 bits per heavy atom. The van der Waals surface area contributed by atoms with Gasteiger partial charge in [-0.25, -0.2) is 4.99 Å². The van der Waals surface area contributed by atoms with Crippen LogP contribution in [0.2, 0.25) is 5.02 Å². The van der Waals surface area contributed by atoms with Crippen molar-refractivity contribution in [3.8, 4) is 11.3 Å². The van der Waals surface area contributed by atoms with Crippen molar-refractivity contribution < 1.29 is 9.21 Å². The van der Waals surface area contributed by atoms with Gasteiger partial charge in [-0.2, -0.15) is 0 Å². The van der Waals surface area contributed by atoms with Gasteiger partial charge in [0.05, 0.1) is 9.93 Å². The summed E-state index contributed by atoms with van der Waals surface area (Å²) in [5.41, 5.74) is 2.93. The molecular weight excluding hydrogens is 366 g/mol. The van der Waals surface area contributed by atoms with Crippen molar-refractivity contribution in [2.75, 3.05) is 0 Å². The van der Waals surface area contributed by atoms with Crippen LogP contribution in [0, 0.1) is 6.92 Å². The SMILES string of the molecule is Cc1ccc(C2=NC(=O)/C(=C\c3ccc(-c4ccccc4Cl)o3)S2)cc1. The van der Waals surface area contributed by atoms with Gasteiger partial charge in [0.1, 0.15) is 16.6 Å². The van der Waals surface area contributed by atoms with Crippen LogP contribution in [0.3, 0.4) is 0 Å². The zero-order valence-corrected chi connectivity index (χ0v) is 15.5. The highest BCUT2D eigenvalue weighted by molar-refractivity contribution is 8.19. The van der Waals surface area contributed by atoms with Gasteiger partial charge in [0.15, 0.2) is 0 Å². The normalized spacial score (nSPS) is 15.5. The number of hydrogen-bond acceptors (Lipinski definition) is 3. The van der Waals surface area contributed by atoms with Crippen molar-refractivity contribution in [1.29, 1.82) is 0 Å². The van der Waals surface area contributed by atoms with Crippen LogP contribution in [0.4, 0.5) is 0 Å². The molecule has 0 spiro atoms. The first kappa shape index (κ1) is 16.9. The van der Waals surface area contributed by atoms with Crippen molar-refractivity contribution in [3.05, 3.63) is 87.5 Å².